The van der Waals surface area contributed by atoms with Crippen LogP contribution < -0.4 is 5.73 Å². The molecule has 0 aliphatic carbocycles. The van der Waals surface area contributed by atoms with Crippen molar-refractivity contribution < 1.29 is 13.2 Å². The number of nitrogens with two attached hydrogens (primary N) is 1. The average Bonchev–Trinajstić information content (AvgIpc) is 2.33. The third-order valence-corrected chi connectivity index (χ3v) is 3.73. The van der Waals surface area contributed by atoms with E-state index in [0.29, 0.717) is 9.92 Å². The average molecular weight is 304 g/mol. The van der Waals surface area contributed by atoms with Crippen LogP contribution >= 0.6 is 23.4 Å². The highest BCUT2D eigenvalue weighted by Gasteiger charge is 2.30. The van der Waals surface area contributed by atoms with Gasteiger partial charge in [0, 0.05) is 20.5 Å². The summed E-state index contributed by atoms with van der Waals surface area (Å²) in [5, 5.41) is 0.602. The molecule has 0 atom stereocenters. The van der Waals surface area contributed by atoms with Crippen molar-refractivity contribution in [2.75, 3.05) is 5.73 Å². The second-order valence-corrected chi connectivity index (χ2v) is 5.36. The van der Waals surface area contributed by atoms with Crippen molar-refractivity contribution in [3.63, 3.8) is 0 Å². The van der Waals surface area contributed by atoms with E-state index in [1.807, 2.05) is 0 Å². The molecular formula is C13H9ClF3NS. The van der Waals surface area contributed by atoms with E-state index in [4.69, 9.17) is 17.3 Å². The van der Waals surface area contributed by atoms with E-state index in [9.17, 15) is 13.2 Å². The molecule has 2 rings (SSSR count). The van der Waals surface area contributed by atoms with Gasteiger partial charge in [0.1, 0.15) is 0 Å². The molecular weight excluding hydrogens is 295 g/mol. The maximum Gasteiger partial charge on any atom is 0.416 e. The lowest BCUT2D eigenvalue weighted by molar-refractivity contribution is -0.137. The molecule has 0 bridgehead atoms. The Labute approximate surface area is 117 Å². The van der Waals surface area contributed by atoms with Gasteiger partial charge < -0.3 is 5.73 Å². The van der Waals surface area contributed by atoms with Crippen LogP contribution in [0.3, 0.4) is 0 Å². The van der Waals surface area contributed by atoms with E-state index in [1.165, 1.54) is 17.8 Å². The maximum absolute atomic E-state index is 12.5. The van der Waals surface area contributed by atoms with Crippen molar-refractivity contribution in [3.8, 4) is 0 Å². The minimum atomic E-state index is -4.38. The summed E-state index contributed by atoms with van der Waals surface area (Å²) in [6.07, 6.45) is -4.38. The Morgan fingerprint density at radius 3 is 2.16 bits per heavy atom. The summed E-state index contributed by atoms with van der Waals surface area (Å²) in [5.74, 6) is 0. The van der Waals surface area contributed by atoms with Crippen LogP contribution in [0.5, 0.6) is 0 Å². The Bertz CT molecular complexity index is 581. The van der Waals surface area contributed by atoms with Gasteiger partial charge in [-0.15, -0.1) is 0 Å². The number of nitrogen functional groups attached to an aromatic ring is 1. The van der Waals surface area contributed by atoms with Crippen LogP contribution in [-0.4, -0.2) is 0 Å². The molecule has 0 aliphatic rings. The van der Waals surface area contributed by atoms with Crippen molar-refractivity contribution in [1.29, 1.82) is 0 Å². The number of alkyl halides is 3. The first kappa shape index (κ1) is 14.1. The van der Waals surface area contributed by atoms with Crippen LogP contribution in [0.15, 0.2) is 52.3 Å². The number of benzene rings is 2. The summed E-state index contributed by atoms with van der Waals surface area (Å²) in [7, 11) is 0. The minimum Gasteiger partial charge on any atom is -0.398 e. The molecule has 0 unspecified atom stereocenters. The van der Waals surface area contributed by atoms with Gasteiger partial charge in [-0.2, -0.15) is 13.2 Å². The molecule has 1 nitrogen and oxygen atoms in total. The van der Waals surface area contributed by atoms with Gasteiger partial charge in [0.25, 0.3) is 0 Å². The summed E-state index contributed by atoms with van der Waals surface area (Å²) in [6.45, 7) is 0. The van der Waals surface area contributed by atoms with E-state index in [1.54, 1.807) is 24.3 Å². The van der Waals surface area contributed by atoms with Gasteiger partial charge in [0.2, 0.25) is 0 Å². The zero-order chi connectivity index (χ0) is 14.0. The second kappa shape index (κ2) is 5.35. The molecule has 0 radical (unpaired) electrons. The lowest BCUT2D eigenvalue weighted by atomic mass is 10.2. The van der Waals surface area contributed by atoms with Crippen LogP contribution in [0, 0.1) is 0 Å². The third-order valence-electron chi connectivity index (χ3n) is 2.38. The minimum absolute atomic E-state index is 0.106. The Morgan fingerprint density at radius 2 is 1.63 bits per heavy atom. The quantitative estimate of drug-likeness (QED) is 0.782. The summed E-state index contributed by atoms with van der Waals surface area (Å²) in [4.78, 5) is 1.44. The first-order chi connectivity index (χ1) is 8.86. The standard InChI is InChI=1S/C13H9ClF3NS/c14-9-2-4-10(5-3-9)19-12-6-1-8(7-11(12)18)13(15,16)17/h1-7H,18H2. The second-order valence-electron chi connectivity index (χ2n) is 3.81. The Morgan fingerprint density at radius 1 is 1.00 bits per heavy atom. The third kappa shape index (κ3) is 3.58. The van der Waals surface area contributed by atoms with Crippen LogP contribution in [-0.2, 0) is 6.18 Å². The molecule has 0 aliphatic heterocycles. The van der Waals surface area contributed by atoms with E-state index >= 15 is 0 Å². The fraction of sp³-hybridized carbons (Fsp3) is 0.0769. The summed E-state index contributed by atoms with van der Waals surface area (Å²) in [6, 6.07) is 10.3. The normalized spacial score (nSPS) is 11.6. The van der Waals surface area contributed by atoms with Gasteiger partial charge in [-0.1, -0.05) is 23.4 Å². The van der Waals surface area contributed by atoms with Gasteiger partial charge in [0.15, 0.2) is 0 Å². The number of hydrogen-bond donors (Lipinski definition) is 1. The summed E-state index contributed by atoms with van der Waals surface area (Å²) >= 11 is 7.05. The molecule has 0 fully saturated rings. The maximum atomic E-state index is 12.5. The zero-order valence-corrected chi connectivity index (χ0v) is 11.1. The number of rotatable bonds is 2. The lowest BCUT2D eigenvalue weighted by Gasteiger charge is -2.10. The van der Waals surface area contributed by atoms with Crippen LogP contribution in [0.1, 0.15) is 5.56 Å². The van der Waals surface area contributed by atoms with Gasteiger partial charge in [-0.05, 0) is 42.5 Å². The highest BCUT2D eigenvalue weighted by Crippen LogP contribution is 2.37. The zero-order valence-electron chi connectivity index (χ0n) is 9.54. The summed E-state index contributed by atoms with van der Waals surface area (Å²) < 4.78 is 37.5. The van der Waals surface area contributed by atoms with Gasteiger partial charge in [-0.3, -0.25) is 0 Å². The van der Waals surface area contributed by atoms with Crippen LogP contribution in [0.25, 0.3) is 0 Å². The molecule has 2 aromatic rings. The predicted octanol–water partition coefficient (Wildman–Crippen LogP) is 5.09. The summed E-state index contributed by atoms with van der Waals surface area (Å²) in [5.41, 5.74) is 5.01. The molecule has 0 spiro atoms. The molecule has 0 saturated heterocycles. The van der Waals surface area contributed by atoms with Crippen LogP contribution in [0.4, 0.5) is 18.9 Å². The largest absolute Gasteiger partial charge is 0.416 e. The Kier molecular flexibility index (Phi) is 3.96. The molecule has 0 aromatic heterocycles. The molecule has 19 heavy (non-hydrogen) atoms. The number of halogens is 4. The van der Waals surface area contributed by atoms with Crippen molar-refractivity contribution in [2.24, 2.45) is 0 Å². The lowest BCUT2D eigenvalue weighted by Crippen LogP contribution is -2.05. The molecule has 0 heterocycles. The van der Waals surface area contributed by atoms with E-state index < -0.39 is 11.7 Å². The van der Waals surface area contributed by atoms with Crippen LogP contribution in [0.2, 0.25) is 5.02 Å². The fourth-order valence-corrected chi connectivity index (χ4v) is 2.41. The topological polar surface area (TPSA) is 26.0 Å². The van der Waals surface area contributed by atoms with E-state index in [-0.39, 0.29) is 5.69 Å². The number of anilines is 1. The van der Waals surface area contributed by atoms with Crippen molar-refractivity contribution in [1.82, 2.24) is 0 Å². The predicted molar refractivity (Wildman–Crippen MR) is 71.4 cm³/mol. The number of hydrogen-bond acceptors (Lipinski definition) is 2. The Balaban J connectivity index is 2.24. The van der Waals surface area contributed by atoms with Gasteiger partial charge in [0.05, 0.1) is 5.56 Å². The van der Waals surface area contributed by atoms with E-state index in [2.05, 4.69) is 0 Å². The van der Waals surface area contributed by atoms with E-state index in [0.717, 1.165) is 17.0 Å². The highest BCUT2D eigenvalue weighted by molar-refractivity contribution is 7.99. The molecule has 0 saturated carbocycles. The van der Waals surface area contributed by atoms with Gasteiger partial charge in [-0.25, -0.2) is 0 Å². The highest BCUT2D eigenvalue weighted by atomic mass is 35.5. The SMILES string of the molecule is Nc1cc(C(F)(F)F)ccc1Sc1ccc(Cl)cc1. The van der Waals surface area contributed by atoms with Crippen molar-refractivity contribution >= 4 is 29.1 Å². The fourth-order valence-electron chi connectivity index (χ4n) is 1.45. The van der Waals surface area contributed by atoms with Gasteiger partial charge >= 0.3 is 6.18 Å². The monoisotopic (exact) mass is 303 g/mol. The molecule has 100 valence electrons. The molecule has 6 heteroatoms. The van der Waals surface area contributed by atoms with Crippen molar-refractivity contribution in [2.45, 2.75) is 16.0 Å². The molecule has 0 amide bonds. The smallest absolute Gasteiger partial charge is 0.398 e. The van der Waals surface area contributed by atoms with Crippen molar-refractivity contribution in [3.05, 3.63) is 53.1 Å². The molecule has 2 N–H and O–H groups in total. The first-order valence-electron chi connectivity index (χ1n) is 5.26. The molecule has 2 aromatic carbocycles. The Hall–Kier alpha value is -1.33. The first-order valence-corrected chi connectivity index (χ1v) is 6.46.